The van der Waals surface area contributed by atoms with Crippen molar-refractivity contribution in [1.82, 2.24) is 15.0 Å². The van der Waals surface area contributed by atoms with Crippen LogP contribution in [0.2, 0.25) is 0 Å². The van der Waals surface area contributed by atoms with E-state index < -0.39 is 0 Å². The van der Waals surface area contributed by atoms with Gasteiger partial charge in [-0.2, -0.15) is 0 Å². The Morgan fingerprint density at radius 2 is 1.92 bits per heavy atom. The highest BCUT2D eigenvalue weighted by Crippen LogP contribution is 2.27. The topological polar surface area (TPSA) is 62.1 Å². The lowest BCUT2D eigenvalue weighted by atomic mass is 10.1. The summed E-state index contributed by atoms with van der Waals surface area (Å²) in [4.78, 5) is 17.9. The third kappa shape index (κ3) is 2.60. The molecular formula is C19H23N3O2. The molecule has 0 radical (unpaired) electrons. The maximum Gasteiger partial charge on any atom is 0.270 e. The molecule has 1 amide bonds. The molecule has 5 nitrogen and oxygen atoms in total. The fourth-order valence-corrected chi connectivity index (χ4v) is 3.22. The van der Waals surface area contributed by atoms with E-state index in [0.29, 0.717) is 12.2 Å². The van der Waals surface area contributed by atoms with Gasteiger partial charge in [-0.25, -0.2) is 0 Å². The van der Waals surface area contributed by atoms with E-state index in [0.717, 1.165) is 39.0 Å². The summed E-state index contributed by atoms with van der Waals surface area (Å²) >= 11 is 0. The molecule has 126 valence electrons. The number of nitrogens with one attached hydrogen (secondary N) is 1. The number of aromatic nitrogens is 2. The largest absolute Gasteiger partial charge is 0.361 e. The van der Waals surface area contributed by atoms with Crippen LogP contribution in [0, 0.1) is 34.6 Å². The molecule has 0 atom stereocenters. The number of hydrogen-bond donors (Lipinski definition) is 1. The Labute approximate surface area is 141 Å². The average molecular weight is 325 g/mol. The molecule has 0 fully saturated rings. The van der Waals surface area contributed by atoms with Crippen molar-refractivity contribution in [2.75, 3.05) is 7.05 Å². The van der Waals surface area contributed by atoms with Crippen molar-refractivity contribution < 1.29 is 9.32 Å². The summed E-state index contributed by atoms with van der Waals surface area (Å²) in [6.45, 7) is 10.4. The van der Waals surface area contributed by atoms with Crippen molar-refractivity contribution in [3.63, 3.8) is 0 Å². The predicted molar refractivity (Wildman–Crippen MR) is 94.3 cm³/mol. The first-order valence-electron chi connectivity index (χ1n) is 8.06. The predicted octanol–water partition coefficient (Wildman–Crippen LogP) is 3.97. The van der Waals surface area contributed by atoms with Crippen molar-refractivity contribution >= 4 is 16.8 Å². The monoisotopic (exact) mass is 325 g/mol. The van der Waals surface area contributed by atoms with Crippen LogP contribution in [0.5, 0.6) is 0 Å². The van der Waals surface area contributed by atoms with E-state index in [9.17, 15) is 4.79 Å². The molecule has 0 bridgehead atoms. The summed E-state index contributed by atoms with van der Waals surface area (Å²) in [6, 6.07) is 4.25. The number of H-pyrrole nitrogens is 1. The van der Waals surface area contributed by atoms with Crippen LogP contribution < -0.4 is 0 Å². The van der Waals surface area contributed by atoms with Crippen LogP contribution in [0.3, 0.4) is 0 Å². The van der Waals surface area contributed by atoms with Crippen molar-refractivity contribution in [3.8, 4) is 0 Å². The SMILES string of the molecule is Cc1cc(C)c2[nH]c(C(=O)N(C)Cc3c(C)noc3C)c(C)c2c1. The molecule has 2 heterocycles. The number of benzene rings is 1. The van der Waals surface area contributed by atoms with E-state index in [1.165, 1.54) is 5.56 Å². The number of nitrogens with zero attached hydrogens (tertiary/aromatic N) is 2. The van der Waals surface area contributed by atoms with Gasteiger partial charge in [-0.15, -0.1) is 0 Å². The Morgan fingerprint density at radius 1 is 1.21 bits per heavy atom. The van der Waals surface area contributed by atoms with E-state index >= 15 is 0 Å². The van der Waals surface area contributed by atoms with Crippen LogP contribution in [0.15, 0.2) is 16.7 Å². The molecule has 3 rings (SSSR count). The van der Waals surface area contributed by atoms with Crippen molar-refractivity contribution in [2.45, 2.75) is 41.2 Å². The maximum atomic E-state index is 12.9. The van der Waals surface area contributed by atoms with Crippen LogP contribution in [-0.2, 0) is 6.54 Å². The molecule has 0 saturated carbocycles. The summed E-state index contributed by atoms with van der Waals surface area (Å²) in [5.41, 5.74) is 6.82. The fourth-order valence-electron chi connectivity index (χ4n) is 3.22. The molecule has 3 aromatic rings. The van der Waals surface area contributed by atoms with Crippen LogP contribution in [-0.4, -0.2) is 28.0 Å². The molecule has 1 aromatic carbocycles. The number of fused-ring (bicyclic) bond motifs is 1. The Hall–Kier alpha value is -2.56. The molecule has 24 heavy (non-hydrogen) atoms. The number of aromatic amines is 1. The molecule has 0 unspecified atom stereocenters. The maximum absolute atomic E-state index is 12.9. The van der Waals surface area contributed by atoms with Gasteiger partial charge in [0.05, 0.1) is 12.2 Å². The van der Waals surface area contributed by atoms with Crippen LogP contribution in [0.4, 0.5) is 0 Å². The summed E-state index contributed by atoms with van der Waals surface area (Å²) in [5.74, 6) is 0.729. The number of amides is 1. The molecule has 1 N–H and O–H groups in total. The van der Waals surface area contributed by atoms with Gasteiger partial charge < -0.3 is 14.4 Å². The molecular weight excluding hydrogens is 302 g/mol. The third-order valence-electron chi connectivity index (χ3n) is 4.65. The Bertz CT molecular complexity index is 914. The van der Waals surface area contributed by atoms with Gasteiger partial charge in [0.2, 0.25) is 0 Å². The minimum atomic E-state index is -0.0271. The molecule has 0 aliphatic heterocycles. The van der Waals surface area contributed by atoms with Gasteiger partial charge in [-0.05, 0) is 51.8 Å². The third-order valence-corrected chi connectivity index (χ3v) is 4.65. The van der Waals surface area contributed by atoms with E-state index in [-0.39, 0.29) is 5.91 Å². The highest BCUT2D eigenvalue weighted by Gasteiger charge is 2.21. The van der Waals surface area contributed by atoms with E-state index in [2.05, 4.69) is 36.1 Å². The number of hydrogen-bond acceptors (Lipinski definition) is 3. The number of carbonyl (C=O) groups is 1. The van der Waals surface area contributed by atoms with Crippen molar-refractivity contribution in [1.29, 1.82) is 0 Å². The van der Waals surface area contributed by atoms with Crippen molar-refractivity contribution in [2.24, 2.45) is 0 Å². The van der Waals surface area contributed by atoms with Crippen molar-refractivity contribution in [3.05, 3.63) is 51.5 Å². The molecule has 0 spiro atoms. The lowest BCUT2D eigenvalue weighted by molar-refractivity contribution is 0.0779. The second kappa shape index (κ2) is 5.82. The quantitative estimate of drug-likeness (QED) is 0.792. The molecule has 5 heteroatoms. The highest BCUT2D eigenvalue weighted by atomic mass is 16.5. The van der Waals surface area contributed by atoms with E-state index in [1.807, 2.05) is 20.8 Å². The Balaban J connectivity index is 1.96. The second-order valence-electron chi connectivity index (χ2n) is 6.59. The first kappa shape index (κ1) is 16.3. The van der Waals surface area contributed by atoms with Gasteiger partial charge in [0.1, 0.15) is 11.5 Å². The minimum Gasteiger partial charge on any atom is -0.361 e. The zero-order chi connectivity index (χ0) is 17.6. The van der Waals surface area contributed by atoms with Gasteiger partial charge >= 0.3 is 0 Å². The van der Waals surface area contributed by atoms with Gasteiger partial charge in [0, 0.05) is 23.5 Å². The lowest BCUT2D eigenvalue weighted by Gasteiger charge is -2.16. The number of carbonyl (C=O) groups excluding carboxylic acids is 1. The standard InChI is InChI=1S/C19H23N3O2/c1-10-7-11(2)17-15(8-10)12(3)18(20-17)19(23)22(6)9-16-13(4)21-24-14(16)5/h7-8,20H,9H2,1-6H3. The second-order valence-corrected chi connectivity index (χ2v) is 6.59. The number of rotatable bonds is 3. The average Bonchev–Trinajstić information content (AvgIpc) is 3.01. The summed E-state index contributed by atoms with van der Waals surface area (Å²) in [6.07, 6.45) is 0. The first-order chi connectivity index (χ1) is 11.3. The van der Waals surface area contributed by atoms with Gasteiger partial charge in [0.15, 0.2) is 0 Å². The van der Waals surface area contributed by atoms with Crippen LogP contribution in [0.1, 0.15) is 44.2 Å². The zero-order valence-electron chi connectivity index (χ0n) is 15.1. The first-order valence-corrected chi connectivity index (χ1v) is 8.06. The van der Waals surface area contributed by atoms with Gasteiger partial charge in [-0.3, -0.25) is 4.79 Å². The summed E-state index contributed by atoms with van der Waals surface area (Å²) in [5, 5.41) is 5.07. The fraction of sp³-hybridized carbons (Fsp3) is 0.368. The summed E-state index contributed by atoms with van der Waals surface area (Å²) < 4.78 is 5.19. The van der Waals surface area contributed by atoms with E-state index in [4.69, 9.17) is 4.52 Å². The van der Waals surface area contributed by atoms with E-state index in [1.54, 1.807) is 11.9 Å². The smallest absolute Gasteiger partial charge is 0.270 e. The lowest BCUT2D eigenvalue weighted by Crippen LogP contribution is -2.27. The Morgan fingerprint density at radius 3 is 2.54 bits per heavy atom. The minimum absolute atomic E-state index is 0.0271. The number of aryl methyl sites for hydroxylation is 5. The zero-order valence-corrected chi connectivity index (χ0v) is 15.1. The molecule has 0 aliphatic rings. The molecule has 0 saturated heterocycles. The molecule has 0 aliphatic carbocycles. The van der Waals surface area contributed by atoms with Gasteiger partial charge in [-0.1, -0.05) is 16.8 Å². The van der Waals surface area contributed by atoms with Crippen LogP contribution in [0.25, 0.3) is 10.9 Å². The normalized spacial score (nSPS) is 11.2. The molecule has 2 aromatic heterocycles. The van der Waals surface area contributed by atoms with Crippen LogP contribution >= 0.6 is 0 Å². The summed E-state index contributed by atoms with van der Waals surface area (Å²) in [7, 11) is 1.80. The highest BCUT2D eigenvalue weighted by molar-refractivity contribution is 6.01. The van der Waals surface area contributed by atoms with Gasteiger partial charge in [0.25, 0.3) is 5.91 Å². The Kier molecular flexibility index (Phi) is 3.95.